The molecular weight excluding hydrogens is 420 g/mol. The van der Waals surface area contributed by atoms with E-state index < -0.39 is 15.4 Å². The van der Waals surface area contributed by atoms with E-state index in [9.17, 15) is 13.2 Å². The largest absolute Gasteiger partial charge is 0.325 e. The Bertz CT molecular complexity index is 1170. The number of amides is 1. The van der Waals surface area contributed by atoms with Gasteiger partial charge >= 0.3 is 0 Å². The summed E-state index contributed by atoms with van der Waals surface area (Å²) in [7, 11) is -2.25. The van der Waals surface area contributed by atoms with Gasteiger partial charge in [-0.05, 0) is 60.9 Å². The number of hydrogen-bond donors (Lipinski definition) is 1. The van der Waals surface area contributed by atoms with Crippen LogP contribution in [0.3, 0.4) is 0 Å². The zero-order valence-corrected chi connectivity index (χ0v) is 18.0. The SMILES string of the molecule is CN(c1ccccc1)S(=O)(=O)c1cccc(NC(=O)C2(c3ccc(Cl)cc3)CC2)c1. The first-order chi connectivity index (χ1) is 14.3. The maximum Gasteiger partial charge on any atom is 0.264 e. The predicted molar refractivity (Wildman–Crippen MR) is 119 cm³/mol. The van der Waals surface area contributed by atoms with Gasteiger partial charge in [0.05, 0.1) is 16.0 Å². The van der Waals surface area contributed by atoms with Crippen LogP contribution in [0, 0.1) is 0 Å². The third kappa shape index (κ3) is 3.80. The van der Waals surface area contributed by atoms with Crippen LogP contribution < -0.4 is 9.62 Å². The van der Waals surface area contributed by atoms with Gasteiger partial charge in [-0.3, -0.25) is 9.10 Å². The van der Waals surface area contributed by atoms with Gasteiger partial charge in [0.15, 0.2) is 0 Å². The molecule has 1 aliphatic carbocycles. The number of nitrogens with zero attached hydrogens (tertiary/aromatic N) is 1. The fraction of sp³-hybridized carbons (Fsp3) is 0.174. The molecule has 0 bridgehead atoms. The highest BCUT2D eigenvalue weighted by atomic mass is 35.5. The van der Waals surface area contributed by atoms with Crippen LogP contribution >= 0.6 is 11.6 Å². The third-order valence-corrected chi connectivity index (χ3v) is 7.49. The summed E-state index contributed by atoms with van der Waals surface area (Å²) in [5.74, 6) is -0.143. The summed E-state index contributed by atoms with van der Waals surface area (Å²) >= 11 is 5.96. The fourth-order valence-corrected chi connectivity index (χ4v) is 4.83. The smallest absolute Gasteiger partial charge is 0.264 e. The molecule has 1 fully saturated rings. The second-order valence-electron chi connectivity index (χ2n) is 7.38. The number of rotatable bonds is 6. The van der Waals surface area contributed by atoms with Crippen LogP contribution in [-0.2, 0) is 20.2 Å². The van der Waals surface area contributed by atoms with Crippen molar-refractivity contribution in [1.29, 1.82) is 0 Å². The lowest BCUT2D eigenvalue weighted by Crippen LogP contribution is -2.28. The molecule has 0 atom stereocenters. The Hall–Kier alpha value is -2.83. The van der Waals surface area contributed by atoms with E-state index in [1.54, 1.807) is 48.5 Å². The molecule has 1 amide bonds. The number of nitrogens with one attached hydrogen (secondary N) is 1. The quantitative estimate of drug-likeness (QED) is 0.596. The Kier molecular flexibility index (Phi) is 5.30. The first kappa shape index (κ1) is 20.4. The fourth-order valence-electron chi connectivity index (χ4n) is 3.46. The highest BCUT2D eigenvalue weighted by Crippen LogP contribution is 2.49. The summed E-state index contributed by atoms with van der Waals surface area (Å²) in [6, 6.07) is 22.5. The Morgan fingerprint density at radius 1 is 0.967 bits per heavy atom. The summed E-state index contributed by atoms with van der Waals surface area (Å²) < 4.78 is 27.3. The standard InChI is InChI=1S/C23H21ClN2O3S/c1-26(20-7-3-2-4-8-20)30(28,29)21-9-5-6-19(16-21)25-22(27)23(14-15-23)17-10-12-18(24)13-11-17/h2-13,16H,14-15H2,1H3,(H,25,27). The first-order valence-electron chi connectivity index (χ1n) is 9.54. The highest BCUT2D eigenvalue weighted by molar-refractivity contribution is 7.92. The van der Waals surface area contributed by atoms with Crippen molar-refractivity contribution in [1.82, 2.24) is 0 Å². The van der Waals surface area contributed by atoms with Crippen molar-refractivity contribution in [2.75, 3.05) is 16.7 Å². The second-order valence-corrected chi connectivity index (χ2v) is 9.78. The average molecular weight is 441 g/mol. The van der Waals surface area contributed by atoms with Gasteiger partial charge in [0, 0.05) is 17.8 Å². The van der Waals surface area contributed by atoms with Gasteiger partial charge < -0.3 is 5.32 Å². The zero-order chi connectivity index (χ0) is 21.4. The van der Waals surface area contributed by atoms with Crippen LogP contribution in [0.2, 0.25) is 5.02 Å². The van der Waals surface area contributed by atoms with Crippen molar-refractivity contribution >= 4 is 38.9 Å². The summed E-state index contributed by atoms with van der Waals surface area (Å²) in [5.41, 5.74) is 1.34. The molecule has 1 N–H and O–H groups in total. The molecule has 0 radical (unpaired) electrons. The second kappa shape index (κ2) is 7.78. The van der Waals surface area contributed by atoms with E-state index in [-0.39, 0.29) is 10.8 Å². The molecule has 4 rings (SSSR count). The van der Waals surface area contributed by atoms with Crippen LogP contribution in [0.15, 0.2) is 83.8 Å². The van der Waals surface area contributed by atoms with Crippen LogP contribution in [0.5, 0.6) is 0 Å². The van der Waals surface area contributed by atoms with E-state index in [1.165, 1.54) is 23.5 Å². The molecule has 5 nitrogen and oxygen atoms in total. The molecule has 0 unspecified atom stereocenters. The summed E-state index contributed by atoms with van der Waals surface area (Å²) in [6.07, 6.45) is 1.49. The summed E-state index contributed by atoms with van der Waals surface area (Å²) in [5, 5.41) is 3.51. The average Bonchev–Trinajstić information content (AvgIpc) is 3.57. The lowest BCUT2D eigenvalue weighted by Gasteiger charge is -2.20. The third-order valence-electron chi connectivity index (χ3n) is 5.45. The number of hydrogen-bond acceptors (Lipinski definition) is 3. The molecule has 0 aliphatic heterocycles. The van der Waals surface area contributed by atoms with Gasteiger partial charge in [0.1, 0.15) is 0 Å². The van der Waals surface area contributed by atoms with Gasteiger partial charge in [-0.1, -0.05) is 48.0 Å². The highest BCUT2D eigenvalue weighted by Gasteiger charge is 2.51. The molecule has 30 heavy (non-hydrogen) atoms. The van der Waals surface area contributed by atoms with Gasteiger partial charge in [-0.2, -0.15) is 0 Å². The van der Waals surface area contributed by atoms with Crippen molar-refractivity contribution in [3.8, 4) is 0 Å². The van der Waals surface area contributed by atoms with Gasteiger partial charge in [-0.25, -0.2) is 8.42 Å². The van der Waals surface area contributed by atoms with Crippen molar-refractivity contribution in [2.24, 2.45) is 0 Å². The van der Waals surface area contributed by atoms with Crippen molar-refractivity contribution in [3.05, 3.63) is 89.4 Å². The van der Waals surface area contributed by atoms with Crippen LogP contribution in [0.1, 0.15) is 18.4 Å². The normalized spacial score (nSPS) is 14.7. The number of sulfonamides is 1. The number of benzene rings is 3. The Balaban J connectivity index is 1.57. The number of halogens is 1. The van der Waals surface area contributed by atoms with Crippen molar-refractivity contribution < 1.29 is 13.2 Å². The van der Waals surface area contributed by atoms with E-state index in [1.807, 2.05) is 18.2 Å². The monoisotopic (exact) mass is 440 g/mol. The minimum Gasteiger partial charge on any atom is -0.325 e. The van der Waals surface area contributed by atoms with Gasteiger partial charge in [0.2, 0.25) is 5.91 Å². The lowest BCUT2D eigenvalue weighted by atomic mass is 9.95. The van der Waals surface area contributed by atoms with E-state index >= 15 is 0 Å². The van der Waals surface area contributed by atoms with E-state index in [4.69, 9.17) is 11.6 Å². The molecule has 0 heterocycles. The Morgan fingerprint density at radius 3 is 2.27 bits per heavy atom. The molecule has 0 saturated heterocycles. The van der Waals surface area contributed by atoms with E-state index in [0.717, 1.165) is 18.4 Å². The topological polar surface area (TPSA) is 66.5 Å². The van der Waals surface area contributed by atoms with Crippen LogP contribution in [-0.4, -0.2) is 21.4 Å². The first-order valence-corrected chi connectivity index (χ1v) is 11.4. The Morgan fingerprint density at radius 2 is 1.63 bits per heavy atom. The minimum absolute atomic E-state index is 0.114. The molecular formula is C23H21ClN2O3S. The maximum absolute atomic E-state index is 13.0. The molecule has 3 aromatic rings. The number of carbonyl (C=O) groups excluding carboxylic acids is 1. The molecule has 0 aromatic heterocycles. The summed E-state index contributed by atoms with van der Waals surface area (Å²) in [4.78, 5) is 13.1. The van der Waals surface area contributed by atoms with E-state index in [0.29, 0.717) is 16.4 Å². The minimum atomic E-state index is -3.76. The van der Waals surface area contributed by atoms with E-state index in [2.05, 4.69) is 5.32 Å². The zero-order valence-electron chi connectivity index (χ0n) is 16.4. The predicted octanol–water partition coefficient (Wildman–Crippen LogP) is 4.84. The molecule has 1 aliphatic rings. The lowest BCUT2D eigenvalue weighted by molar-refractivity contribution is -0.118. The molecule has 0 spiro atoms. The number of anilines is 2. The van der Waals surface area contributed by atoms with Crippen LogP contribution in [0.4, 0.5) is 11.4 Å². The number of para-hydroxylation sites is 1. The number of carbonyl (C=O) groups is 1. The van der Waals surface area contributed by atoms with Gasteiger partial charge in [0.25, 0.3) is 10.0 Å². The van der Waals surface area contributed by atoms with Gasteiger partial charge in [-0.15, -0.1) is 0 Å². The van der Waals surface area contributed by atoms with Crippen molar-refractivity contribution in [3.63, 3.8) is 0 Å². The molecule has 1 saturated carbocycles. The van der Waals surface area contributed by atoms with Crippen LogP contribution in [0.25, 0.3) is 0 Å². The maximum atomic E-state index is 13.0. The van der Waals surface area contributed by atoms with Crippen molar-refractivity contribution in [2.45, 2.75) is 23.2 Å². The molecule has 154 valence electrons. The summed E-state index contributed by atoms with van der Waals surface area (Å²) in [6.45, 7) is 0. The molecule has 7 heteroatoms. The molecule has 3 aromatic carbocycles. The Labute approximate surface area is 181 Å².